The number of H-pyrrole nitrogens is 1. The number of rotatable bonds is 4. The van der Waals surface area contributed by atoms with Gasteiger partial charge >= 0.3 is 0 Å². The van der Waals surface area contributed by atoms with Crippen LogP contribution in [0, 0.1) is 0 Å². The zero-order chi connectivity index (χ0) is 15.8. The van der Waals surface area contributed by atoms with Crippen LogP contribution in [0.3, 0.4) is 0 Å². The van der Waals surface area contributed by atoms with Gasteiger partial charge in [-0.25, -0.2) is 4.98 Å². The summed E-state index contributed by atoms with van der Waals surface area (Å²) in [5.74, 6) is 0.0968. The maximum absolute atomic E-state index is 11.7. The molecular weight excluding hydrogens is 286 g/mol. The average Bonchev–Trinajstić information content (AvgIpc) is 2.71. The average molecular weight is 309 g/mol. The van der Waals surface area contributed by atoms with Crippen LogP contribution in [0.1, 0.15) is 20.8 Å². The number of nitrogens with two attached hydrogens (primary N) is 1. The molecule has 0 aliphatic rings. The molecule has 7 nitrogen and oxygen atoms in total. The van der Waals surface area contributed by atoms with E-state index in [2.05, 4.69) is 48.8 Å². The minimum atomic E-state index is -1.77. The van der Waals surface area contributed by atoms with E-state index in [1.165, 1.54) is 0 Å². The van der Waals surface area contributed by atoms with E-state index in [4.69, 9.17) is 10.2 Å². The molecule has 2 rings (SSSR count). The highest BCUT2D eigenvalue weighted by atomic mass is 28.4. The van der Waals surface area contributed by atoms with E-state index in [0.29, 0.717) is 24.3 Å². The van der Waals surface area contributed by atoms with E-state index in [0.717, 1.165) is 0 Å². The Hall–Kier alpha value is -1.67. The maximum Gasteiger partial charge on any atom is 0.280 e. The van der Waals surface area contributed by atoms with Gasteiger partial charge in [0.1, 0.15) is 0 Å². The number of hydrogen-bond donors (Lipinski definition) is 2. The summed E-state index contributed by atoms with van der Waals surface area (Å²) in [7, 11) is -1.77. The molecule has 2 heterocycles. The highest BCUT2D eigenvalue weighted by Crippen LogP contribution is 2.36. The van der Waals surface area contributed by atoms with Gasteiger partial charge in [-0.2, -0.15) is 4.98 Å². The van der Waals surface area contributed by atoms with Crippen molar-refractivity contribution in [2.45, 2.75) is 45.4 Å². The highest BCUT2D eigenvalue weighted by Gasteiger charge is 2.36. The molecule has 8 heteroatoms. The van der Waals surface area contributed by atoms with E-state index in [9.17, 15) is 4.79 Å². The van der Waals surface area contributed by atoms with Crippen molar-refractivity contribution in [1.29, 1.82) is 0 Å². The first kappa shape index (κ1) is 15.7. The zero-order valence-corrected chi connectivity index (χ0v) is 14.2. The van der Waals surface area contributed by atoms with Gasteiger partial charge in [0, 0.05) is 6.54 Å². The Labute approximate surface area is 124 Å². The summed E-state index contributed by atoms with van der Waals surface area (Å²) in [5.41, 5.74) is 6.06. The lowest BCUT2D eigenvalue weighted by Gasteiger charge is -2.36. The number of aromatic amines is 1. The van der Waals surface area contributed by atoms with Crippen molar-refractivity contribution in [1.82, 2.24) is 19.5 Å². The van der Waals surface area contributed by atoms with Gasteiger partial charge in [0.15, 0.2) is 19.5 Å². The molecule has 0 saturated carbocycles. The summed E-state index contributed by atoms with van der Waals surface area (Å²) >= 11 is 0. The molecule has 0 bridgehead atoms. The number of aromatic nitrogens is 4. The molecule has 0 spiro atoms. The number of nitrogens with zero attached hydrogens (tertiary/aromatic N) is 3. The molecule has 0 amide bonds. The van der Waals surface area contributed by atoms with Crippen LogP contribution >= 0.6 is 0 Å². The molecule has 0 saturated heterocycles. The summed E-state index contributed by atoms with van der Waals surface area (Å²) in [6.45, 7) is 12.2. The summed E-state index contributed by atoms with van der Waals surface area (Å²) in [6.07, 6.45) is 1.60. The van der Waals surface area contributed by atoms with Crippen LogP contribution in [-0.4, -0.2) is 34.4 Å². The van der Waals surface area contributed by atoms with Crippen LogP contribution in [0.4, 0.5) is 5.95 Å². The van der Waals surface area contributed by atoms with Crippen LogP contribution in [-0.2, 0) is 11.0 Å². The Bertz CT molecular complexity index is 699. The second kappa shape index (κ2) is 5.27. The molecule has 0 unspecified atom stereocenters. The minimum absolute atomic E-state index is 0.0968. The van der Waals surface area contributed by atoms with E-state index in [1.54, 1.807) is 10.9 Å². The number of nitrogens with one attached hydrogen (secondary N) is 1. The number of fused-ring (bicyclic) bond motifs is 1. The van der Waals surface area contributed by atoms with Crippen LogP contribution in [0.5, 0.6) is 0 Å². The number of hydrogen-bond acceptors (Lipinski definition) is 5. The first-order chi connectivity index (χ1) is 9.62. The van der Waals surface area contributed by atoms with Crippen molar-refractivity contribution in [3.63, 3.8) is 0 Å². The lowest BCUT2D eigenvalue weighted by molar-refractivity contribution is 0.273. The van der Waals surface area contributed by atoms with Crippen LogP contribution in [0.2, 0.25) is 18.1 Å². The topological polar surface area (TPSA) is 98.8 Å². The molecule has 116 valence electrons. The van der Waals surface area contributed by atoms with Crippen molar-refractivity contribution < 1.29 is 4.43 Å². The summed E-state index contributed by atoms with van der Waals surface area (Å²) in [6, 6.07) is 0. The zero-order valence-electron chi connectivity index (χ0n) is 13.2. The molecule has 0 fully saturated rings. The van der Waals surface area contributed by atoms with Gasteiger partial charge in [-0.1, -0.05) is 20.8 Å². The molecule has 0 aliphatic heterocycles. The number of imidazole rings is 1. The predicted molar refractivity (Wildman–Crippen MR) is 85.7 cm³/mol. The minimum Gasteiger partial charge on any atom is -0.415 e. The largest absolute Gasteiger partial charge is 0.415 e. The molecule has 0 atom stereocenters. The molecule has 0 aliphatic carbocycles. The van der Waals surface area contributed by atoms with Crippen LogP contribution < -0.4 is 11.3 Å². The van der Waals surface area contributed by atoms with E-state index in [-0.39, 0.29) is 16.5 Å². The van der Waals surface area contributed by atoms with Gasteiger partial charge in [0.2, 0.25) is 5.95 Å². The maximum atomic E-state index is 11.7. The quantitative estimate of drug-likeness (QED) is 0.838. The molecule has 3 N–H and O–H groups in total. The lowest BCUT2D eigenvalue weighted by Crippen LogP contribution is -2.41. The summed E-state index contributed by atoms with van der Waals surface area (Å²) in [5, 5.41) is 0.170. The first-order valence-electron chi connectivity index (χ1n) is 6.96. The van der Waals surface area contributed by atoms with Crippen molar-refractivity contribution in [3.8, 4) is 0 Å². The Kier molecular flexibility index (Phi) is 3.94. The standard InChI is InChI=1S/C13H23N5O2Si/c1-13(2,3)21(4,5)20-7-6-18-8-15-9-10(18)16-12(14)17-11(9)19/h8H,6-7H2,1-5H3,(H3,14,16,17,19). The normalized spacial score (nSPS) is 13.0. The fourth-order valence-corrected chi connectivity index (χ4v) is 2.78. The molecular formula is C13H23N5O2Si. The number of nitrogen functional groups attached to an aromatic ring is 1. The Morgan fingerprint density at radius 3 is 2.71 bits per heavy atom. The SMILES string of the molecule is CC(C)(C)[Si](C)(C)OCCn1cnc2c(=O)[nH]c(N)nc21. The third kappa shape index (κ3) is 3.16. The van der Waals surface area contributed by atoms with E-state index < -0.39 is 8.32 Å². The molecule has 0 radical (unpaired) electrons. The fourth-order valence-electron chi connectivity index (χ4n) is 1.75. The molecule has 2 aromatic heterocycles. The first-order valence-corrected chi connectivity index (χ1v) is 9.87. The smallest absolute Gasteiger partial charge is 0.280 e. The number of anilines is 1. The van der Waals surface area contributed by atoms with Gasteiger partial charge in [-0.3, -0.25) is 9.78 Å². The fraction of sp³-hybridized carbons (Fsp3) is 0.615. The summed E-state index contributed by atoms with van der Waals surface area (Å²) in [4.78, 5) is 22.4. The predicted octanol–water partition coefficient (Wildman–Crippen LogP) is 1.72. The van der Waals surface area contributed by atoms with Crippen molar-refractivity contribution in [2.24, 2.45) is 0 Å². The van der Waals surface area contributed by atoms with Gasteiger partial charge in [0.05, 0.1) is 12.9 Å². The second-order valence-electron chi connectivity index (χ2n) is 6.67. The van der Waals surface area contributed by atoms with Gasteiger partial charge in [-0.15, -0.1) is 0 Å². The third-order valence-electron chi connectivity index (χ3n) is 4.09. The Morgan fingerprint density at radius 1 is 1.43 bits per heavy atom. The van der Waals surface area contributed by atoms with Gasteiger partial charge < -0.3 is 14.7 Å². The third-order valence-corrected chi connectivity index (χ3v) is 8.63. The Balaban J connectivity index is 2.14. The van der Waals surface area contributed by atoms with Crippen molar-refractivity contribution in [3.05, 3.63) is 16.7 Å². The molecule has 2 aromatic rings. The highest BCUT2D eigenvalue weighted by molar-refractivity contribution is 6.74. The Morgan fingerprint density at radius 2 is 2.10 bits per heavy atom. The second-order valence-corrected chi connectivity index (χ2v) is 11.5. The van der Waals surface area contributed by atoms with Crippen molar-refractivity contribution in [2.75, 3.05) is 12.3 Å². The van der Waals surface area contributed by atoms with E-state index in [1.807, 2.05) is 0 Å². The molecule has 21 heavy (non-hydrogen) atoms. The van der Waals surface area contributed by atoms with Gasteiger partial charge in [-0.05, 0) is 18.1 Å². The van der Waals surface area contributed by atoms with E-state index >= 15 is 0 Å². The summed E-state index contributed by atoms with van der Waals surface area (Å²) < 4.78 is 7.92. The van der Waals surface area contributed by atoms with Crippen molar-refractivity contribution >= 4 is 25.4 Å². The van der Waals surface area contributed by atoms with Gasteiger partial charge in [0.25, 0.3) is 5.56 Å². The lowest BCUT2D eigenvalue weighted by atomic mass is 10.2. The van der Waals surface area contributed by atoms with Crippen LogP contribution in [0.15, 0.2) is 11.1 Å². The van der Waals surface area contributed by atoms with Crippen LogP contribution in [0.25, 0.3) is 11.2 Å². The molecule has 0 aromatic carbocycles. The monoisotopic (exact) mass is 309 g/mol.